The molecule has 14 heavy (non-hydrogen) atoms. The lowest BCUT2D eigenvalue weighted by molar-refractivity contribution is 0.560. The van der Waals surface area contributed by atoms with Crippen molar-refractivity contribution in [3.05, 3.63) is 48.4 Å². The molecule has 1 atom stereocenters. The predicted octanol–water partition coefficient (Wildman–Crippen LogP) is 1.31. The second-order valence-corrected chi connectivity index (χ2v) is 3.07. The summed E-state index contributed by atoms with van der Waals surface area (Å²) in [6, 6.07) is 1.78. The van der Waals surface area contributed by atoms with Gasteiger partial charge in [0.1, 0.15) is 0 Å². The molecule has 0 aliphatic heterocycles. The van der Waals surface area contributed by atoms with E-state index in [0.29, 0.717) is 0 Å². The van der Waals surface area contributed by atoms with Crippen LogP contribution in [0.4, 0.5) is 0 Å². The van der Waals surface area contributed by atoms with Gasteiger partial charge in [0.25, 0.3) is 0 Å². The number of rotatable bonds is 3. The van der Waals surface area contributed by atoms with Gasteiger partial charge in [-0.3, -0.25) is 9.97 Å². The molecule has 0 aliphatic rings. The van der Waals surface area contributed by atoms with Crippen LogP contribution in [0.1, 0.15) is 17.3 Å². The molecule has 4 nitrogen and oxygen atoms in total. The van der Waals surface area contributed by atoms with E-state index in [1.54, 1.807) is 31.1 Å². The fraction of sp³-hybridized carbons (Fsp3) is 0.200. The van der Waals surface area contributed by atoms with Gasteiger partial charge in [-0.25, -0.2) is 0 Å². The summed E-state index contributed by atoms with van der Waals surface area (Å²) in [4.78, 5) is 8.11. The van der Waals surface area contributed by atoms with Crippen molar-refractivity contribution in [2.75, 3.05) is 0 Å². The molecule has 0 aromatic carbocycles. The normalized spacial score (nSPS) is 12.6. The molecule has 2 aromatic rings. The van der Waals surface area contributed by atoms with E-state index in [1.807, 2.05) is 6.07 Å². The van der Waals surface area contributed by atoms with Gasteiger partial charge in [-0.1, -0.05) is 0 Å². The van der Waals surface area contributed by atoms with Crippen molar-refractivity contribution in [1.82, 2.24) is 9.97 Å². The highest BCUT2D eigenvalue weighted by Gasteiger charge is 2.08. The maximum absolute atomic E-state index is 5.94. The summed E-state index contributed by atoms with van der Waals surface area (Å²) in [5.41, 5.74) is 7.81. The Kier molecular flexibility index (Phi) is 2.55. The van der Waals surface area contributed by atoms with Crippen LogP contribution in [0.25, 0.3) is 0 Å². The minimum absolute atomic E-state index is 0.124. The van der Waals surface area contributed by atoms with Gasteiger partial charge in [-0.15, -0.1) is 0 Å². The predicted molar refractivity (Wildman–Crippen MR) is 51.4 cm³/mol. The fourth-order valence-electron chi connectivity index (χ4n) is 1.27. The zero-order valence-corrected chi connectivity index (χ0v) is 7.63. The maximum Gasteiger partial charge on any atom is 0.0935 e. The van der Waals surface area contributed by atoms with Crippen LogP contribution in [0.2, 0.25) is 0 Å². The number of hydrogen-bond acceptors (Lipinski definition) is 4. The molecule has 0 aliphatic carbocycles. The highest BCUT2D eigenvalue weighted by Crippen LogP contribution is 2.12. The number of aromatic nitrogens is 2. The lowest BCUT2D eigenvalue weighted by atomic mass is 10.1. The van der Waals surface area contributed by atoms with Gasteiger partial charge < -0.3 is 10.2 Å². The van der Waals surface area contributed by atoms with E-state index in [1.165, 1.54) is 0 Å². The van der Waals surface area contributed by atoms with E-state index < -0.39 is 0 Å². The lowest BCUT2D eigenvalue weighted by Crippen LogP contribution is -2.14. The monoisotopic (exact) mass is 189 g/mol. The summed E-state index contributed by atoms with van der Waals surface area (Å²) in [5.74, 6) is 0. The third kappa shape index (κ3) is 1.97. The van der Waals surface area contributed by atoms with Crippen molar-refractivity contribution >= 4 is 0 Å². The Morgan fingerprint density at radius 3 is 3.00 bits per heavy atom. The first-order valence-electron chi connectivity index (χ1n) is 4.39. The number of furan rings is 1. The second kappa shape index (κ2) is 4.02. The third-order valence-electron chi connectivity index (χ3n) is 2.00. The quantitative estimate of drug-likeness (QED) is 0.790. The van der Waals surface area contributed by atoms with Crippen LogP contribution in [0.3, 0.4) is 0 Å². The van der Waals surface area contributed by atoms with Gasteiger partial charge in [0.2, 0.25) is 0 Å². The summed E-state index contributed by atoms with van der Waals surface area (Å²) in [6.07, 6.45) is 9.01. The van der Waals surface area contributed by atoms with Crippen molar-refractivity contribution in [1.29, 1.82) is 0 Å². The van der Waals surface area contributed by atoms with Gasteiger partial charge in [-0.2, -0.15) is 0 Å². The summed E-state index contributed by atoms with van der Waals surface area (Å²) < 4.78 is 4.96. The Balaban J connectivity index is 2.07. The molecule has 0 saturated heterocycles. The van der Waals surface area contributed by atoms with Crippen LogP contribution in [-0.4, -0.2) is 9.97 Å². The van der Waals surface area contributed by atoms with E-state index in [-0.39, 0.29) is 6.04 Å². The molecular weight excluding hydrogens is 178 g/mol. The van der Waals surface area contributed by atoms with E-state index in [9.17, 15) is 0 Å². The third-order valence-corrected chi connectivity index (χ3v) is 2.00. The molecule has 2 heterocycles. The lowest BCUT2D eigenvalue weighted by Gasteiger charge is -2.07. The average molecular weight is 189 g/mol. The zero-order valence-electron chi connectivity index (χ0n) is 7.63. The Hall–Kier alpha value is -1.68. The molecular formula is C10H11N3O. The fourth-order valence-corrected chi connectivity index (χ4v) is 1.27. The first kappa shape index (κ1) is 8.90. The van der Waals surface area contributed by atoms with Gasteiger partial charge >= 0.3 is 0 Å². The summed E-state index contributed by atoms with van der Waals surface area (Å²) >= 11 is 0. The van der Waals surface area contributed by atoms with E-state index in [0.717, 1.165) is 17.7 Å². The van der Waals surface area contributed by atoms with Crippen molar-refractivity contribution < 1.29 is 4.42 Å². The molecule has 0 spiro atoms. The molecule has 0 amide bonds. The molecule has 0 bridgehead atoms. The van der Waals surface area contributed by atoms with Crippen molar-refractivity contribution in [2.24, 2.45) is 5.73 Å². The average Bonchev–Trinajstić information content (AvgIpc) is 2.72. The molecule has 1 unspecified atom stereocenters. The Bertz CT molecular complexity index is 372. The van der Waals surface area contributed by atoms with Crippen molar-refractivity contribution in [3.63, 3.8) is 0 Å². The summed E-state index contributed by atoms with van der Waals surface area (Å²) in [6.45, 7) is 0. The number of nitrogens with zero attached hydrogens (tertiary/aromatic N) is 2. The Morgan fingerprint density at radius 1 is 1.43 bits per heavy atom. The van der Waals surface area contributed by atoms with Crippen LogP contribution in [0.5, 0.6) is 0 Å². The summed E-state index contributed by atoms with van der Waals surface area (Å²) in [7, 11) is 0. The highest BCUT2D eigenvalue weighted by molar-refractivity contribution is 5.12. The first-order valence-corrected chi connectivity index (χ1v) is 4.39. The molecule has 2 rings (SSSR count). The van der Waals surface area contributed by atoms with Crippen molar-refractivity contribution in [2.45, 2.75) is 12.5 Å². The van der Waals surface area contributed by atoms with Crippen LogP contribution in [0.15, 0.2) is 41.6 Å². The SMILES string of the molecule is NC(Cc1ccoc1)c1cnccn1. The molecule has 4 heteroatoms. The van der Waals surface area contributed by atoms with Gasteiger partial charge in [0.05, 0.1) is 24.3 Å². The van der Waals surface area contributed by atoms with Crippen LogP contribution in [-0.2, 0) is 6.42 Å². The largest absolute Gasteiger partial charge is 0.472 e. The van der Waals surface area contributed by atoms with Crippen LogP contribution in [0, 0.1) is 0 Å². The molecule has 0 fully saturated rings. The Morgan fingerprint density at radius 2 is 2.36 bits per heavy atom. The standard InChI is InChI=1S/C10H11N3O/c11-9(5-8-1-4-14-7-8)10-6-12-2-3-13-10/h1-4,6-7,9H,5,11H2. The van der Waals surface area contributed by atoms with Crippen molar-refractivity contribution in [3.8, 4) is 0 Å². The van der Waals surface area contributed by atoms with E-state index in [4.69, 9.17) is 10.2 Å². The maximum atomic E-state index is 5.94. The Labute approximate surface area is 81.8 Å². The van der Waals surface area contributed by atoms with Gasteiger partial charge in [0, 0.05) is 18.6 Å². The smallest absolute Gasteiger partial charge is 0.0935 e. The minimum atomic E-state index is -0.124. The van der Waals surface area contributed by atoms with Gasteiger partial charge in [0.15, 0.2) is 0 Å². The van der Waals surface area contributed by atoms with Gasteiger partial charge in [-0.05, 0) is 18.1 Å². The first-order chi connectivity index (χ1) is 6.86. The molecule has 0 radical (unpaired) electrons. The van der Waals surface area contributed by atoms with E-state index >= 15 is 0 Å². The molecule has 2 aromatic heterocycles. The van der Waals surface area contributed by atoms with E-state index in [2.05, 4.69) is 9.97 Å². The molecule has 72 valence electrons. The number of nitrogens with two attached hydrogens (primary N) is 1. The minimum Gasteiger partial charge on any atom is -0.472 e. The topological polar surface area (TPSA) is 64.9 Å². The number of hydrogen-bond donors (Lipinski definition) is 1. The molecule has 0 saturated carbocycles. The second-order valence-electron chi connectivity index (χ2n) is 3.07. The van der Waals surface area contributed by atoms with Crippen LogP contribution >= 0.6 is 0 Å². The highest BCUT2D eigenvalue weighted by atomic mass is 16.3. The van der Waals surface area contributed by atoms with Crippen LogP contribution < -0.4 is 5.73 Å². The zero-order chi connectivity index (χ0) is 9.80. The molecule has 2 N–H and O–H groups in total. The summed E-state index contributed by atoms with van der Waals surface area (Å²) in [5, 5.41) is 0.